The molecule has 2 atom stereocenters. The third-order valence-electron chi connectivity index (χ3n) is 5.86. The zero-order chi connectivity index (χ0) is 19.2. The quantitative estimate of drug-likeness (QED) is 0.745. The number of aryl methyl sites for hydroxylation is 1. The number of hydrogen-bond acceptors (Lipinski definition) is 4. The second kappa shape index (κ2) is 9.36. The number of ether oxygens (including phenoxy) is 1. The molecule has 2 fully saturated rings. The first kappa shape index (κ1) is 19.9. The third-order valence-corrected chi connectivity index (χ3v) is 5.86. The fourth-order valence-corrected chi connectivity index (χ4v) is 4.26. The zero-order valence-electron chi connectivity index (χ0n) is 16.7. The van der Waals surface area contributed by atoms with Crippen LogP contribution in [-0.2, 0) is 20.9 Å². The molecular weight excluding hydrogens is 340 g/mol. The van der Waals surface area contributed by atoms with Gasteiger partial charge in [-0.25, -0.2) is 0 Å². The van der Waals surface area contributed by atoms with Gasteiger partial charge >= 0.3 is 5.97 Å². The maximum absolute atomic E-state index is 12.6. The van der Waals surface area contributed by atoms with Gasteiger partial charge in [-0.05, 0) is 51.6 Å². The lowest BCUT2D eigenvalue weighted by atomic mass is 9.95. The molecule has 2 unspecified atom stereocenters. The van der Waals surface area contributed by atoms with Gasteiger partial charge in [-0.2, -0.15) is 0 Å². The van der Waals surface area contributed by atoms with Crippen molar-refractivity contribution in [2.45, 2.75) is 58.5 Å². The molecule has 1 aromatic carbocycles. The van der Waals surface area contributed by atoms with Gasteiger partial charge in [-0.1, -0.05) is 29.8 Å². The van der Waals surface area contributed by atoms with Crippen molar-refractivity contribution in [2.75, 3.05) is 26.2 Å². The molecule has 3 rings (SSSR count). The number of carbonyl (C=O) groups is 2. The molecule has 5 heteroatoms. The number of rotatable bonds is 5. The Kier molecular flexibility index (Phi) is 6.89. The number of hydrogen-bond donors (Lipinski definition) is 0. The molecule has 0 aliphatic carbocycles. The van der Waals surface area contributed by atoms with Gasteiger partial charge in [0.15, 0.2) is 0 Å². The highest BCUT2D eigenvalue weighted by atomic mass is 16.5. The summed E-state index contributed by atoms with van der Waals surface area (Å²) >= 11 is 0. The summed E-state index contributed by atoms with van der Waals surface area (Å²) in [5.74, 6) is 0.172. The summed E-state index contributed by atoms with van der Waals surface area (Å²) in [6, 6.07) is 8.81. The minimum atomic E-state index is -0.0621. The van der Waals surface area contributed by atoms with E-state index in [4.69, 9.17) is 4.74 Å². The molecular formula is C22H32N2O3. The number of carbonyl (C=O) groups excluding carboxylic acids is 2. The summed E-state index contributed by atoms with van der Waals surface area (Å²) < 4.78 is 5.22. The lowest BCUT2D eigenvalue weighted by Gasteiger charge is -2.37. The second-order valence-electron chi connectivity index (χ2n) is 7.87. The largest absolute Gasteiger partial charge is 0.466 e. The number of likely N-dealkylation sites (tertiary alicyclic amines) is 2. The average molecular weight is 373 g/mol. The van der Waals surface area contributed by atoms with Crippen molar-refractivity contribution in [1.29, 1.82) is 0 Å². The first-order valence-corrected chi connectivity index (χ1v) is 10.3. The van der Waals surface area contributed by atoms with Crippen LogP contribution in [0.1, 0.15) is 50.2 Å². The van der Waals surface area contributed by atoms with E-state index in [1.807, 2.05) is 11.8 Å². The molecule has 5 nitrogen and oxygen atoms in total. The van der Waals surface area contributed by atoms with Gasteiger partial charge in [-0.3, -0.25) is 14.5 Å². The topological polar surface area (TPSA) is 49.9 Å². The summed E-state index contributed by atoms with van der Waals surface area (Å²) in [6.07, 6.45) is 4.41. The molecule has 0 aromatic heterocycles. The Balaban J connectivity index is 1.57. The molecule has 2 heterocycles. The van der Waals surface area contributed by atoms with E-state index >= 15 is 0 Å². The third kappa shape index (κ3) is 5.32. The van der Waals surface area contributed by atoms with E-state index in [0.29, 0.717) is 25.6 Å². The predicted molar refractivity (Wildman–Crippen MR) is 105 cm³/mol. The van der Waals surface area contributed by atoms with Crippen LogP contribution in [-0.4, -0.2) is 54.0 Å². The Hall–Kier alpha value is -1.88. The van der Waals surface area contributed by atoms with Gasteiger partial charge < -0.3 is 9.64 Å². The van der Waals surface area contributed by atoms with Crippen LogP contribution in [0.4, 0.5) is 0 Å². The highest BCUT2D eigenvalue weighted by molar-refractivity contribution is 5.76. The predicted octanol–water partition coefficient (Wildman–Crippen LogP) is 3.15. The van der Waals surface area contributed by atoms with Crippen molar-refractivity contribution in [3.63, 3.8) is 0 Å². The Morgan fingerprint density at radius 1 is 1.15 bits per heavy atom. The van der Waals surface area contributed by atoms with Crippen molar-refractivity contribution in [3.8, 4) is 0 Å². The van der Waals surface area contributed by atoms with E-state index in [9.17, 15) is 9.59 Å². The Labute approximate surface area is 162 Å². The standard InChI is InChI=1S/C22H32N2O3/c1-3-27-22(26)19-5-4-13-23(16-19)20-10-11-21(25)24(14-12-20)15-18-8-6-17(2)7-9-18/h6-9,19-20H,3-5,10-16H2,1-2H3. The van der Waals surface area contributed by atoms with Crippen molar-refractivity contribution in [2.24, 2.45) is 5.92 Å². The van der Waals surface area contributed by atoms with E-state index in [1.165, 1.54) is 11.1 Å². The summed E-state index contributed by atoms with van der Waals surface area (Å²) in [5, 5.41) is 0. The number of benzene rings is 1. The monoisotopic (exact) mass is 372 g/mol. The van der Waals surface area contributed by atoms with Gasteiger partial charge in [0.1, 0.15) is 0 Å². The fraction of sp³-hybridized carbons (Fsp3) is 0.636. The van der Waals surface area contributed by atoms with Crippen LogP contribution in [0.5, 0.6) is 0 Å². The van der Waals surface area contributed by atoms with Crippen LogP contribution in [0.15, 0.2) is 24.3 Å². The molecule has 2 aliphatic rings. The van der Waals surface area contributed by atoms with Crippen molar-refractivity contribution >= 4 is 11.9 Å². The number of nitrogens with zero attached hydrogens (tertiary/aromatic N) is 2. The zero-order valence-corrected chi connectivity index (χ0v) is 16.7. The van der Waals surface area contributed by atoms with Crippen molar-refractivity contribution < 1.29 is 14.3 Å². The van der Waals surface area contributed by atoms with E-state index in [1.54, 1.807) is 0 Å². The van der Waals surface area contributed by atoms with Gasteiger partial charge in [0.25, 0.3) is 0 Å². The van der Waals surface area contributed by atoms with Crippen LogP contribution in [0.3, 0.4) is 0 Å². The van der Waals surface area contributed by atoms with Crippen molar-refractivity contribution in [1.82, 2.24) is 9.80 Å². The molecule has 2 saturated heterocycles. The maximum Gasteiger partial charge on any atom is 0.310 e. The molecule has 0 saturated carbocycles. The van der Waals surface area contributed by atoms with Crippen LogP contribution in [0, 0.1) is 12.8 Å². The minimum Gasteiger partial charge on any atom is -0.466 e. The van der Waals surface area contributed by atoms with Crippen LogP contribution in [0.25, 0.3) is 0 Å². The molecule has 27 heavy (non-hydrogen) atoms. The minimum absolute atomic E-state index is 0.0127. The number of amides is 1. The summed E-state index contributed by atoms with van der Waals surface area (Å²) in [4.78, 5) is 29.1. The van der Waals surface area contributed by atoms with E-state index in [0.717, 1.165) is 45.3 Å². The van der Waals surface area contributed by atoms with Crippen LogP contribution < -0.4 is 0 Å². The number of piperidine rings is 1. The summed E-state index contributed by atoms with van der Waals surface area (Å²) in [6.45, 7) is 7.66. The molecule has 0 radical (unpaired) electrons. The first-order valence-electron chi connectivity index (χ1n) is 10.3. The van der Waals surface area contributed by atoms with Crippen LogP contribution in [0.2, 0.25) is 0 Å². The van der Waals surface area contributed by atoms with Gasteiger partial charge in [-0.15, -0.1) is 0 Å². The van der Waals surface area contributed by atoms with E-state index < -0.39 is 0 Å². The Morgan fingerprint density at radius 2 is 1.93 bits per heavy atom. The first-order chi connectivity index (χ1) is 13.1. The highest BCUT2D eigenvalue weighted by Gasteiger charge is 2.32. The molecule has 0 N–H and O–H groups in total. The SMILES string of the molecule is CCOC(=O)C1CCCN(C2CCC(=O)N(Cc3ccc(C)cc3)CC2)C1. The van der Waals surface area contributed by atoms with Gasteiger partial charge in [0.05, 0.1) is 12.5 Å². The molecule has 1 aromatic rings. The molecule has 1 amide bonds. The lowest BCUT2D eigenvalue weighted by molar-refractivity contribution is -0.150. The summed E-state index contributed by atoms with van der Waals surface area (Å²) in [7, 11) is 0. The normalized spacial score (nSPS) is 24.5. The van der Waals surface area contributed by atoms with Crippen molar-refractivity contribution in [3.05, 3.63) is 35.4 Å². The average Bonchev–Trinajstić information content (AvgIpc) is 2.86. The Morgan fingerprint density at radius 3 is 2.67 bits per heavy atom. The summed E-state index contributed by atoms with van der Waals surface area (Å²) in [5.41, 5.74) is 2.43. The highest BCUT2D eigenvalue weighted by Crippen LogP contribution is 2.25. The molecule has 2 aliphatic heterocycles. The van der Waals surface area contributed by atoms with Gasteiger partial charge in [0.2, 0.25) is 5.91 Å². The molecule has 0 bridgehead atoms. The van der Waals surface area contributed by atoms with Gasteiger partial charge in [0, 0.05) is 32.1 Å². The smallest absolute Gasteiger partial charge is 0.310 e. The van der Waals surface area contributed by atoms with Crippen LogP contribution >= 0.6 is 0 Å². The Bertz CT molecular complexity index is 643. The lowest BCUT2D eigenvalue weighted by Crippen LogP contribution is -2.45. The van der Waals surface area contributed by atoms with E-state index in [-0.39, 0.29) is 17.8 Å². The number of esters is 1. The maximum atomic E-state index is 12.6. The fourth-order valence-electron chi connectivity index (χ4n) is 4.26. The second-order valence-corrected chi connectivity index (χ2v) is 7.87. The molecule has 148 valence electrons. The molecule has 0 spiro atoms. The van der Waals surface area contributed by atoms with E-state index in [2.05, 4.69) is 36.1 Å².